The molecule has 1 aromatic carbocycles. The van der Waals surface area contributed by atoms with Gasteiger partial charge in [0.15, 0.2) is 0 Å². The van der Waals surface area contributed by atoms with Gasteiger partial charge in [-0.1, -0.05) is 30.3 Å². The number of likely N-dealkylation sites (tertiary alicyclic amines) is 1. The first-order valence-corrected chi connectivity index (χ1v) is 7.72. The molecular formula is C17H24N2O3. The molecule has 1 heterocycles. The minimum atomic E-state index is -0.137. The van der Waals surface area contributed by atoms with Crippen LogP contribution in [0.15, 0.2) is 30.3 Å². The van der Waals surface area contributed by atoms with Gasteiger partial charge in [0.2, 0.25) is 11.8 Å². The van der Waals surface area contributed by atoms with Crippen LogP contribution in [0.25, 0.3) is 0 Å². The molecule has 22 heavy (non-hydrogen) atoms. The average molecular weight is 304 g/mol. The molecule has 5 heteroatoms. The number of nitrogens with one attached hydrogen (secondary N) is 1. The van der Waals surface area contributed by atoms with E-state index in [1.807, 2.05) is 30.3 Å². The topological polar surface area (TPSA) is 58.6 Å². The highest BCUT2D eigenvalue weighted by Gasteiger charge is 2.26. The summed E-state index contributed by atoms with van der Waals surface area (Å²) in [7, 11) is 1.65. The molecule has 1 aliphatic rings. The molecule has 5 nitrogen and oxygen atoms in total. The maximum atomic E-state index is 12.3. The number of carbonyl (C=O) groups excluding carboxylic acids is 2. The van der Waals surface area contributed by atoms with Gasteiger partial charge in [-0.3, -0.25) is 9.59 Å². The third kappa shape index (κ3) is 4.31. The average Bonchev–Trinajstić information content (AvgIpc) is 2.56. The molecule has 2 amide bonds. The van der Waals surface area contributed by atoms with Gasteiger partial charge in [0.1, 0.15) is 0 Å². The molecule has 1 saturated heterocycles. The summed E-state index contributed by atoms with van der Waals surface area (Å²) in [4.78, 5) is 25.3. The van der Waals surface area contributed by atoms with Crippen LogP contribution in [0.1, 0.15) is 31.4 Å². The minimum absolute atomic E-state index is 0.0103. The standard InChI is InChI=1S/C17H24N2O3/c1-13(20)19-10-8-15(9-11-19)17(21)18-12-16(22-2)14-6-4-3-5-7-14/h3-7,15-16H,8-12H2,1-2H3,(H,18,21). The molecule has 0 spiro atoms. The van der Waals surface area contributed by atoms with Gasteiger partial charge >= 0.3 is 0 Å². The molecule has 2 rings (SSSR count). The predicted molar refractivity (Wildman–Crippen MR) is 84.2 cm³/mol. The van der Waals surface area contributed by atoms with Crippen LogP contribution >= 0.6 is 0 Å². The van der Waals surface area contributed by atoms with E-state index < -0.39 is 0 Å². The maximum Gasteiger partial charge on any atom is 0.223 e. The number of ether oxygens (including phenoxy) is 1. The van der Waals surface area contributed by atoms with Crippen LogP contribution in [0.3, 0.4) is 0 Å². The van der Waals surface area contributed by atoms with E-state index >= 15 is 0 Å². The van der Waals surface area contributed by atoms with Crippen molar-refractivity contribution in [2.24, 2.45) is 5.92 Å². The first-order chi connectivity index (χ1) is 10.6. The number of hydrogen-bond donors (Lipinski definition) is 1. The van der Waals surface area contributed by atoms with Crippen molar-refractivity contribution < 1.29 is 14.3 Å². The van der Waals surface area contributed by atoms with Gasteiger partial charge in [-0.15, -0.1) is 0 Å². The zero-order valence-corrected chi connectivity index (χ0v) is 13.2. The Morgan fingerprint density at radius 3 is 2.45 bits per heavy atom. The van der Waals surface area contributed by atoms with Crippen LogP contribution in [0.4, 0.5) is 0 Å². The van der Waals surface area contributed by atoms with E-state index in [1.165, 1.54) is 0 Å². The predicted octanol–water partition coefficient (Wildman–Crippen LogP) is 1.75. The normalized spacial score (nSPS) is 17.1. The van der Waals surface area contributed by atoms with E-state index in [9.17, 15) is 9.59 Å². The smallest absolute Gasteiger partial charge is 0.223 e. The summed E-state index contributed by atoms with van der Waals surface area (Å²) in [6.45, 7) is 3.37. The van der Waals surface area contributed by atoms with Crippen molar-refractivity contribution in [2.45, 2.75) is 25.9 Å². The Bertz CT molecular complexity index is 496. The molecule has 1 fully saturated rings. The molecule has 1 aromatic rings. The second-order valence-corrected chi connectivity index (χ2v) is 5.66. The summed E-state index contributed by atoms with van der Waals surface area (Å²) in [6, 6.07) is 9.86. The second kappa shape index (κ2) is 7.94. The van der Waals surface area contributed by atoms with Gasteiger partial charge < -0.3 is 15.0 Å². The number of hydrogen-bond acceptors (Lipinski definition) is 3. The molecule has 0 aromatic heterocycles. The largest absolute Gasteiger partial charge is 0.375 e. The Morgan fingerprint density at radius 1 is 1.27 bits per heavy atom. The van der Waals surface area contributed by atoms with Crippen LogP contribution in [0.5, 0.6) is 0 Å². The fourth-order valence-electron chi connectivity index (χ4n) is 2.80. The Kier molecular flexibility index (Phi) is 5.95. The highest BCUT2D eigenvalue weighted by atomic mass is 16.5. The van der Waals surface area contributed by atoms with E-state index in [1.54, 1.807) is 18.9 Å². The van der Waals surface area contributed by atoms with Crippen molar-refractivity contribution in [1.82, 2.24) is 10.2 Å². The van der Waals surface area contributed by atoms with E-state index in [-0.39, 0.29) is 23.8 Å². The highest BCUT2D eigenvalue weighted by molar-refractivity contribution is 5.79. The number of piperidine rings is 1. The van der Waals surface area contributed by atoms with Crippen LogP contribution in [0, 0.1) is 5.92 Å². The lowest BCUT2D eigenvalue weighted by Gasteiger charge is -2.30. The van der Waals surface area contributed by atoms with Gasteiger partial charge in [0, 0.05) is 39.6 Å². The lowest BCUT2D eigenvalue weighted by atomic mass is 9.95. The van der Waals surface area contributed by atoms with Crippen molar-refractivity contribution in [2.75, 3.05) is 26.7 Å². The monoisotopic (exact) mass is 304 g/mol. The molecule has 0 saturated carbocycles. The van der Waals surface area contributed by atoms with Crippen LogP contribution in [0.2, 0.25) is 0 Å². The number of rotatable bonds is 5. The number of benzene rings is 1. The van der Waals surface area contributed by atoms with Crippen molar-refractivity contribution in [3.8, 4) is 0 Å². The zero-order chi connectivity index (χ0) is 15.9. The first kappa shape index (κ1) is 16.5. The van der Waals surface area contributed by atoms with Crippen LogP contribution in [-0.4, -0.2) is 43.5 Å². The minimum Gasteiger partial charge on any atom is -0.375 e. The molecule has 1 N–H and O–H groups in total. The van der Waals surface area contributed by atoms with Crippen molar-refractivity contribution >= 4 is 11.8 Å². The Balaban J connectivity index is 1.81. The van der Waals surface area contributed by atoms with Crippen LogP contribution in [-0.2, 0) is 14.3 Å². The molecule has 0 bridgehead atoms. The van der Waals surface area contributed by atoms with Gasteiger partial charge in [0.25, 0.3) is 0 Å². The molecule has 1 atom stereocenters. The Hall–Kier alpha value is -1.88. The summed E-state index contributed by atoms with van der Waals surface area (Å²) in [5.74, 6) is 0.132. The zero-order valence-electron chi connectivity index (χ0n) is 13.2. The third-order valence-electron chi connectivity index (χ3n) is 4.23. The molecule has 1 unspecified atom stereocenters. The van der Waals surface area contributed by atoms with Gasteiger partial charge in [-0.25, -0.2) is 0 Å². The van der Waals surface area contributed by atoms with E-state index in [4.69, 9.17) is 4.74 Å². The van der Waals surface area contributed by atoms with E-state index in [0.29, 0.717) is 19.6 Å². The van der Waals surface area contributed by atoms with Crippen molar-refractivity contribution in [1.29, 1.82) is 0 Å². The van der Waals surface area contributed by atoms with Gasteiger partial charge in [-0.05, 0) is 18.4 Å². The first-order valence-electron chi connectivity index (χ1n) is 7.72. The van der Waals surface area contributed by atoms with Crippen molar-refractivity contribution in [3.63, 3.8) is 0 Å². The molecule has 1 aliphatic heterocycles. The van der Waals surface area contributed by atoms with Crippen LogP contribution < -0.4 is 5.32 Å². The van der Waals surface area contributed by atoms with Crippen molar-refractivity contribution in [3.05, 3.63) is 35.9 Å². The summed E-state index contributed by atoms with van der Waals surface area (Å²) in [6.07, 6.45) is 1.32. The number of methoxy groups -OCH3 is 1. The van der Waals surface area contributed by atoms with Gasteiger partial charge in [0.05, 0.1) is 6.10 Å². The van der Waals surface area contributed by atoms with E-state index in [2.05, 4.69) is 5.32 Å². The summed E-state index contributed by atoms with van der Waals surface area (Å²) >= 11 is 0. The second-order valence-electron chi connectivity index (χ2n) is 5.66. The van der Waals surface area contributed by atoms with Gasteiger partial charge in [-0.2, -0.15) is 0 Å². The number of nitrogens with zero attached hydrogens (tertiary/aromatic N) is 1. The molecule has 120 valence electrons. The lowest BCUT2D eigenvalue weighted by Crippen LogP contribution is -2.43. The highest BCUT2D eigenvalue weighted by Crippen LogP contribution is 2.19. The Morgan fingerprint density at radius 2 is 1.91 bits per heavy atom. The lowest BCUT2D eigenvalue weighted by molar-refractivity contribution is -0.134. The number of carbonyl (C=O) groups is 2. The fraction of sp³-hybridized carbons (Fsp3) is 0.529. The summed E-state index contributed by atoms with van der Waals surface area (Å²) in [5, 5.41) is 2.98. The fourth-order valence-corrected chi connectivity index (χ4v) is 2.80. The number of amides is 2. The molecule has 0 aliphatic carbocycles. The Labute approximate surface area is 131 Å². The summed E-state index contributed by atoms with van der Waals surface area (Å²) < 4.78 is 5.46. The quantitative estimate of drug-likeness (QED) is 0.901. The molecule has 0 radical (unpaired) electrons. The third-order valence-corrected chi connectivity index (χ3v) is 4.23. The maximum absolute atomic E-state index is 12.3. The summed E-state index contributed by atoms with van der Waals surface area (Å²) in [5.41, 5.74) is 1.05. The van der Waals surface area contributed by atoms with E-state index in [0.717, 1.165) is 18.4 Å². The SMILES string of the molecule is COC(CNC(=O)C1CCN(C(C)=O)CC1)c1ccccc1. The molecular weight excluding hydrogens is 280 g/mol.